The number of rotatable bonds is 4. The minimum Gasteiger partial charge on any atom is -0.350 e. The third-order valence-corrected chi connectivity index (χ3v) is 5.69. The number of amides is 2. The van der Waals surface area contributed by atoms with E-state index in [1.54, 1.807) is 13.8 Å². The molecule has 5 nitrogen and oxygen atoms in total. The Morgan fingerprint density at radius 1 is 1.09 bits per heavy atom. The summed E-state index contributed by atoms with van der Waals surface area (Å²) >= 11 is 5.45. The van der Waals surface area contributed by atoms with Crippen molar-refractivity contribution in [3.05, 3.63) is 58.9 Å². The molecule has 0 spiro atoms. The lowest BCUT2D eigenvalue weighted by atomic mass is 10.0. The van der Waals surface area contributed by atoms with Gasteiger partial charge in [0, 0.05) is 11.7 Å². The number of hydrogen-bond acceptors (Lipinski definition) is 3. The number of anilines is 2. The highest BCUT2D eigenvalue weighted by atomic mass is 32.1. The lowest BCUT2D eigenvalue weighted by molar-refractivity contribution is -0.138. The molecule has 3 rings (SSSR count). The van der Waals surface area contributed by atoms with Gasteiger partial charge in [-0.25, -0.2) is 4.39 Å². The Hall–Kier alpha value is -3.01. The minimum atomic E-state index is -4.60. The van der Waals surface area contributed by atoms with Gasteiger partial charge in [0.05, 0.1) is 16.8 Å². The Morgan fingerprint density at radius 2 is 1.70 bits per heavy atom. The van der Waals surface area contributed by atoms with Crippen molar-refractivity contribution in [3.8, 4) is 0 Å². The molecule has 0 atom stereocenters. The van der Waals surface area contributed by atoms with Crippen LogP contribution >= 0.6 is 12.2 Å². The maximum Gasteiger partial charge on any atom is 0.416 e. The van der Waals surface area contributed by atoms with E-state index in [1.807, 2.05) is 0 Å². The second-order valence-corrected chi connectivity index (χ2v) is 8.97. The van der Waals surface area contributed by atoms with Gasteiger partial charge >= 0.3 is 6.18 Å². The lowest BCUT2D eigenvalue weighted by Gasteiger charge is -2.29. The van der Waals surface area contributed by atoms with E-state index in [0.717, 1.165) is 17.0 Å². The molecular weight excluding hydrogens is 458 g/mol. The highest BCUT2D eigenvalue weighted by Gasteiger charge is 2.50. The fourth-order valence-electron chi connectivity index (χ4n) is 3.68. The van der Waals surface area contributed by atoms with E-state index < -0.39 is 34.9 Å². The van der Waals surface area contributed by atoms with Crippen LogP contribution in [0, 0.1) is 12.7 Å². The average Bonchev–Trinajstić information content (AvgIpc) is 2.85. The number of hydrogen-bond donors (Lipinski definition) is 1. The predicted molar refractivity (Wildman–Crippen MR) is 122 cm³/mol. The molecule has 2 aromatic rings. The van der Waals surface area contributed by atoms with Gasteiger partial charge in [0.15, 0.2) is 5.11 Å². The molecule has 2 amide bonds. The van der Waals surface area contributed by atoms with Gasteiger partial charge in [-0.2, -0.15) is 13.2 Å². The quantitative estimate of drug-likeness (QED) is 0.481. The second-order valence-electron chi connectivity index (χ2n) is 8.61. The number of carbonyl (C=O) groups excluding carboxylic acids is 2. The van der Waals surface area contributed by atoms with Crippen LogP contribution in [0.2, 0.25) is 0 Å². The number of nitrogens with zero attached hydrogens (tertiary/aromatic N) is 2. The van der Waals surface area contributed by atoms with Crippen molar-refractivity contribution in [3.63, 3.8) is 0 Å². The van der Waals surface area contributed by atoms with Crippen molar-refractivity contribution in [1.29, 1.82) is 0 Å². The molecule has 0 radical (unpaired) electrons. The summed E-state index contributed by atoms with van der Waals surface area (Å²) in [4.78, 5) is 27.8. The topological polar surface area (TPSA) is 52.7 Å². The summed E-state index contributed by atoms with van der Waals surface area (Å²) in [6, 6.07) is 7.14. The molecule has 0 unspecified atom stereocenters. The van der Waals surface area contributed by atoms with E-state index in [-0.39, 0.29) is 33.7 Å². The molecule has 2 aromatic carbocycles. The third kappa shape index (κ3) is 4.44. The maximum absolute atomic E-state index is 14.8. The van der Waals surface area contributed by atoms with Gasteiger partial charge in [0.2, 0.25) is 0 Å². The maximum atomic E-state index is 14.8. The van der Waals surface area contributed by atoms with Crippen LogP contribution in [0.15, 0.2) is 36.4 Å². The standard InChI is InChI=1S/C23H23F4N3O2S/c1-12(2)28-19(31)16-9-8-15(11-18(16)24)30-21(33)29(20(32)22(30,4)5)14-7-6-13(3)17(10-14)23(25,26)27/h6-12H,1-5H3,(H,28,31). The number of nitrogens with one attached hydrogen (secondary N) is 1. The van der Waals surface area contributed by atoms with Gasteiger partial charge in [-0.05, 0) is 82.7 Å². The number of thiocarbonyl (C=S) groups is 1. The normalized spacial score (nSPS) is 16.1. The van der Waals surface area contributed by atoms with Crippen LogP contribution in [0.25, 0.3) is 0 Å². The van der Waals surface area contributed by atoms with Crippen molar-refractivity contribution in [1.82, 2.24) is 5.32 Å². The molecule has 0 aliphatic carbocycles. The first-order valence-corrected chi connectivity index (χ1v) is 10.5. The smallest absolute Gasteiger partial charge is 0.350 e. The molecule has 1 saturated heterocycles. The Morgan fingerprint density at radius 3 is 2.24 bits per heavy atom. The molecule has 0 saturated carbocycles. The Balaban J connectivity index is 2.03. The number of benzene rings is 2. The molecule has 33 heavy (non-hydrogen) atoms. The molecule has 1 N–H and O–H groups in total. The predicted octanol–water partition coefficient (Wildman–Crippen LogP) is 5.21. The molecule has 1 aliphatic heterocycles. The summed E-state index contributed by atoms with van der Waals surface area (Å²) in [5.74, 6) is -1.97. The largest absolute Gasteiger partial charge is 0.416 e. The van der Waals surface area contributed by atoms with Crippen molar-refractivity contribution >= 4 is 40.5 Å². The van der Waals surface area contributed by atoms with Crippen LogP contribution in [0.5, 0.6) is 0 Å². The van der Waals surface area contributed by atoms with Crippen LogP contribution in [-0.2, 0) is 11.0 Å². The summed E-state index contributed by atoms with van der Waals surface area (Å²) in [5.41, 5.74) is -2.19. The van der Waals surface area contributed by atoms with E-state index in [4.69, 9.17) is 12.2 Å². The number of carbonyl (C=O) groups is 2. The zero-order valence-electron chi connectivity index (χ0n) is 18.7. The van der Waals surface area contributed by atoms with Crippen molar-refractivity contribution in [2.75, 3.05) is 9.80 Å². The second kappa shape index (κ2) is 8.40. The van der Waals surface area contributed by atoms with Crippen LogP contribution in [-0.4, -0.2) is 28.5 Å². The Bertz CT molecular complexity index is 1150. The Kier molecular flexibility index (Phi) is 6.27. The van der Waals surface area contributed by atoms with E-state index in [9.17, 15) is 27.2 Å². The zero-order chi connectivity index (χ0) is 24.9. The monoisotopic (exact) mass is 481 g/mol. The first-order valence-electron chi connectivity index (χ1n) is 10.1. The molecular formula is C23H23F4N3O2S. The van der Waals surface area contributed by atoms with Gasteiger partial charge in [-0.3, -0.25) is 14.5 Å². The van der Waals surface area contributed by atoms with Gasteiger partial charge in [0.25, 0.3) is 11.8 Å². The van der Waals surface area contributed by atoms with E-state index in [2.05, 4.69) is 5.32 Å². The molecule has 0 aromatic heterocycles. The van der Waals surface area contributed by atoms with Gasteiger partial charge in [-0.15, -0.1) is 0 Å². The lowest BCUT2D eigenvalue weighted by Crippen LogP contribution is -2.44. The van der Waals surface area contributed by atoms with Crippen LogP contribution in [0.4, 0.5) is 28.9 Å². The van der Waals surface area contributed by atoms with Crippen LogP contribution in [0.3, 0.4) is 0 Å². The molecule has 1 fully saturated rings. The number of alkyl halides is 3. The number of aryl methyl sites for hydroxylation is 1. The first kappa shape index (κ1) is 24.6. The third-order valence-electron chi connectivity index (χ3n) is 5.33. The van der Waals surface area contributed by atoms with E-state index in [0.29, 0.717) is 0 Å². The highest BCUT2D eigenvalue weighted by molar-refractivity contribution is 7.81. The SMILES string of the molecule is Cc1ccc(N2C(=O)C(C)(C)N(c3ccc(C(=O)NC(C)C)c(F)c3)C2=S)cc1C(F)(F)F. The fourth-order valence-corrected chi connectivity index (χ4v) is 4.20. The fraction of sp³-hybridized carbons (Fsp3) is 0.348. The van der Waals surface area contributed by atoms with Gasteiger partial charge in [0.1, 0.15) is 11.4 Å². The summed E-state index contributed by atoms with van der Waals surface area (Å²) in [5, 5.41) is 2.50. The van der Waals surface area contributed by atoms with E-state index in [1.165, 1.54) is 49.9 Å². The summed E-state index contributed by atoms with van der Waals surface area (Å²) in [7, 11) is 0. The van der Waals surface area contributed by atoms with Crippen molar-refractivity contribution < 1.29 is 27.2 Å². The molecule has 0 bridgehead atoms. The Labute approximate surface area is 194 Å². The summed E-state index contributed by atoms with van der Waals surface area (Å²) in [6.45, 7) is 7.89. The van der Waals surface area contributed by atoms with Crippen molar-refractivity contribution in [2.45, 2.75) is 52.4 Å². The summed E-state index contributed by atoms with van der Waals surface area (Å²) < 4.78 is 55.0. The molecule has 1 aliphatic rings. The number of halogens is 4. The molecule has 10 heteroatoms. The van der Waals surface area contributed by atoms with Crippen molar-refractivity contribution in [2.24, 2.45) is 0 Å². The van der Waals surface area contributed by atoms with E-state index >= 15 is 0 Å². The minimum absolute atomic E-state index is 0.0114. The molecule has 1 heterocycles. The summed E-state index contributed by atoms with van der Waals surface area (Å²) in [6.07, 6.45) is -4.60. The highest BCUT2D eigenvalue weighted by Crippen LogP contribution is 2.39. The molecule has 176 valence electrons. The van der Waals surface area contributed by atoms with Gasteiger partial charge < -0.3 is 10.2 Å². The van der Waals surface area contributed by atoms with Crippen LogP contribution < -0.4 is 15.1 Å². The van der Waals surface area contributed by atoms with Gasteiger partial charge in [-0.1, -0.05) is 6.07 Å². The average molecular weight is 482 g/mol. The first-order chi connectivity index (χ1) is 15.2. The zero-order valence-corrected chi connectivity index (χ0v) is 19.5. The van der Waals surface area contributed by atoms with Crippen LogP contribution in [0.1, 0.15) is 49.2 Å².